The fourth-order valence-electron chi connectivity index (χ4n) is 1.72. The van der Waals surface area contributed by atoms with Gasteiger partial charge in [0.15, 0.2) is 0 Å². The van der Waals surface area contributed by atoms with Crippen molar-refractivity contribution in [2.75, 3.05) is 11.9 Å². The van der Waals surface area contributed by atoms with Crippen LogP contribution < -0.4 is 4.90 Å². The van der Waals surface area contributed by atoms with Crippen molar-refractivity contribution in [3.8, 4) is 5.75 Å². The number of nitrogens with zero attached hydrogens (tertiary/aromatic N) is 1. The van der Waals surface area contributed by atoms with Gasteiger partial charge in [-0.1, -0.05) is 12.1 Å². The molecule has 0 heterocycles. The van der Waals surface area contributed by atoms with Crippen LogP contribution in [0.5, 0.6) is 5.75 Å². The zero-order chi connectivity index (χ0) is 13.8. The van der Waals surface area contributed by atoms with Gasteiger partial charge >= 0.3 is 0 Å². The van der Waals surface area contributed by atoms with Crippen molar-refractivity contribution >= 4 is 11.6 Å². The Labute approximate surface area is 110 Å². The van der Waals surface area contributed by atoms with E-state index in [0.29, 0.717) is 5.69 Å². The molecule has 1 amide bonds. The Morgan fingerprint density at radius 3 is 2.26 bits per heavy atom. The van der Waals surface area contributed by atoms with E-state index < -0.39 is 0 Å². The van der Waals surface area contributed by atoms with Crippen molar-refractivity contribution < 1.29 is 14.3 Å². The molecule has 0 unspecified atom stereocenters. The molecule has 2 aromatic rings. The van der Waals surface area contributed by atoms with Crippen molar-refractivity contribution in [3.63, 3.8) is 0 Å². The smallest absolute Gasteiger partial charge is 0.231 e. The number of phenolic OH excluding ortho intramolecular Hbond substituents is 1. The normalized spacial score (nSPS) is 10.2. The van der Waals surface area contributed by atoms with Gasteiger partial charge in [0.1, 0.15) is 11.6 Å². The molecule has 4 heteroatoms. The molecule has 0 radical (unpaired) electrons. The van der Waals surface area contributed by atoms with Crippen LogP contribution in [0.1, 0.15) is 5.56 Å². The van der Waals surface area contributed by atoms with Crippen LogP contribution >= 0.6 is 0 Å². The summed E-state index contributed by atoms with van der Waals surface area (Å²) in [6, 6.07) is 12.2. The summed E-state index contributed by atoms with van der Waals surface area (Å²) in [5.74, 6) is -0.261. The van der Waals surface area contributed by atoms with Crippen LogP contribution in [0.2, 0.25) is 0 Å². The highest BCUT2D eigenvalue weighted by Crippen LogP contribution is 2.18. The van der Waals surface area contributed by atoms with Crippen molar-refractivity contribution in [1.82, 2.24) is 0 Å². The first-order valence-corrected chi connectivity index (χ1v) is 5.86. The fraction of sp³-hybridized carbons (Fsp3) is 0.133. The maximum atomic E-state index is 12.8. The van der Waals surface area contributed by atoms with Gasteiger partial charge in [-0.3, -0.25) is 4.79 Å². The predicted molar refractivity (Wildman–Crippen MR) is 71.6 cm³/mol. The third-order valence-corrected chi connectivity index (χ3v) is 2.88. The van der Waals surface area contributed by atoms with Crippen LogP contribution in [-0.4, -0.2) is 18.1 Å². The quantitative estimate of drug-likeness (QED) is 0.920. The Balaban J connectivity index is 2.07. The first-order chi connectivity index (χ1) is 9.06. The fourth-order valence-corrected chi connectivity index (χ4v) is 1.72. The standard InChI is InChI=1S/C15H14FNO2/c1-17(13-6-8-14(18)9-7-13)15(19)10-11-2-4-12(16)5-3-11/h2-9,18H,10H2,1H3. The van der Waals surface area contributed by atoms with Crippen LogP contribution in [-0.2, 0) is 11.2 Å². The maximum Gasteiger partial charge on any atom is 0.231 e. The summed E-state index contributed by atoms with van der Waals surface area (Å²) in [6.45, 7) is 0. The molecule has 2 aromatic carbocycles. The van der Waals surface area contributed by atoms with E-state index in [1.54, 1.807) is 31.3 Å². The number of halogens is 1. The highest BCUT2D eigenvalue weighted by atomic mass is 19.1. The van der Waals surface area contributed by atoms with E-state index in [1.165, 1.54) is 29.2 Å². The largest absolute Gasteiger partial charge is 0.508 e. The van der Waals surface area contributed by atoms with Gasteiger partial charge in [-0.05, 0) is 42.0 Å². The molecule has 3 nitrogen and oxygen atoms in total. The average molecular weight is 259 g/mol. The van der Waals surface area contributed by atoms with Gasteiger partial charge in [-0.2, -0.15) is 0 Å². The summed E-state index contributed by atoms with van der Waals surface area (Å²) in [6.07, 6.45) is 0.206. The number of hydrogen-bond acceptors (Lipinski definition) is 2. The number of carbonyl (C=O) groups is 1. The number of aromatic hydroxyl groups is 1. The van der Waals surface area contributed by atoms with Gasteiger partial charge in [0.2, 0.25) is 5.91 Å². The molecule has 0 saturated heterocycles. The topological polar surface area (TPSA) is 40.5 Å². The monoisotopic (exact) mass is 259 g/mol. The summed E-state index contributed by atoms with van der Waals surface area (Å²) in [4.78, 5) is 13.6. The molecule has 0 fully saturated rings. The Kier molecular flexibility index (Phi) is 3.80. The lowest BCUT2D eigenvalue weighted by atomic mass is 10.1. The van der Waals surface area contributed by atoms with Crippen LogP contribution in [0.3, 0.4) is 0 Å². The van der Waals surface area contributed by atoms with Crippen molar-refractivity contribution in [1.29, 1.82) is 0 Å². The molecule has 0 bridgehead atoms. The molecule has 2 rings (SSSR count). The summed E-state index contributed by atoms with van der Waals surface area (Å²) in [5, 5.41) is 9.20. The predicted octanol–water partition coefficient (Wildman–Crippen LogP) is 2.74. The second-order valence-electron chi connectivity index (χ2n) is 4.27. The molecule has 0 aliphatic carbocycles. The number of carbonyl (C=O) groups excluding carboxylic acids is 1. The Morgan fingerprint density at radius 1 is 1.11 bits per heavy atom. The van der Waals surface area contributed by atoms with Gasteiger partial charge in [0.25, 0.3) is 0 Å². The van der Waals surface area contributed by atoms with Gasteiger partial charge in [0, 0.05) is 12.7 Å². The minimum absolute atomic E-state index is 0.0997. The Bertz CT molecular complexity index is 564. The van der Waals surface area contributed by atoms with Crippen molar-refractivity contribution in [2.24, 2.45) is 0 Å². The first-order valence-electron chi connectivity index (χ1n) is 5.86. The molecule has 98 valence electrons. The lowest BCUT2D eigenvalue weighted by Crippen LogP contribution is -2.27. The summed E-state index contributed by atoms with van der Waals surface area (Å²) >= 11 is 0. The molecule has 19 heavy (non-hydrogen) atoms. The number of benzene rings is 2. The van der Waals surface area contributed by atoms with Crippen LogP contribution in [0.15, 0.2) is 48.5 Å². The lowest BCUT2D eigenvalue weighted by molar-refractivity contribution is -0.117. The highest BCUT2D eigenvalue weighted by molar-refractivity contribution is 5.94. The number of rotatable bonds is 3. The van der Waals surface area contributed by atoms with E-state index in [4.69, 9.17) is 0 Å². The second kappa shape index (κ2) is 5.52. The van der Waals surface area contributed by atoms with E-state index in [2.05, 4.69) is 0 Å². The molecule has 0 aliphatic heterocycles. The Morgan fingerprint density at radius 2 is 1.68 bits per heavy atom. The van der Waals surface area contributed by atoms with Crippen LogP contribution in [0.4, 0.5) is 10.1 Å². The van der Waals surface area contributed by atoms with E-state index in [9.17, 15) is 14.3 Å². The zero-order valence-electron chi connectivity index (χ0n) is 10.5. The minimum atomic E-state index is -0.317. The van der Waals surface area contributed by atoms with E-state index in [0.717, 1.165) is 5.56 Å². The summed E-state index contributed by atoms with van der Waals surface area (Å²) < 4.78 is 12.8. The van der Waals surface area contributed by atoms with Gasteiger partial charge in [-0.25, -0.2) is 4.39 Å². The van der Waals surface area contributed by atoms with Crippen LogP contribution in [0, 0.1) is 5.82 Å². The van der Waals surface area contributed by atoms with Crippen molar-refractivity contribution in [3.05, 3.63) is 59.9 Å². The molecular formula is C15H14FNO2. The second-order valence-corrected chi connectivity index (χ2v) is 4.27. The maximum absolute atomic E-state index is 12.8. The third kappa shape index (κ3) is 3.31. The number of amides is 1. The minimum Gasteiger partial charge on any atom is -0.508 e. The first kappa shape index (κ1) is 13.1. The van der Waals surface area contributed by atoms with E-state index in [-0.39, 0.29) is 23.9 Å². The number of hydrogen-bond donors (Lipinski definition) is 1. The molecule has 0 atom stereocenters. The van der Waals surface area contributed by atoms with Gasteiger partial charge < -0.3 is 10.0 Å². The van der Waals surface area contributed by atoms with E-state index in [1.807, 2.05) is 0 Å². The highest BCUT2D eigenvalue weighted by Gasteiger charge is 2.11. The molecular weight excluding hydrogens is 245 g/mol. The molecule has 0 spiro atoms. The van der Waals surface area contributed by atoms with E-state index >= 15 is 0 Å². The number of likely N-dealkylation sites (N-methyl/N-ethyl adjacent to an activating group) is 1. The number of anilines is 1. The molecule has 0 saturated carbocycles. The Hall–Kier alpha value is -2.36. The van der Waals surface area contributed by atoms with Gasteiger partial charge in [-0.15, -0.1) is 0 Å². The SMILES string of the molecule is CN(C(=O)Cc1ccc(F)cc1)c1ccc(O)cc1. The zero-order valence-corrected chi connectivity index (χ0v) is 10.5. The molecule has 1 N–H and O–H groups in total. The summed E-state index contributed by atoms with van der Waals surface area (Å²) in [7, 11) is 1.66. The molecule has 0 aliphatic rings. The molecule has 0 aromatic heterocycles. The van der Waals surface area contributed by atoms with Gasteiger partial charge in [0.05, 0.1) is 6.42 Å². The van der Waals surface area contributed by atoms with Crippen LogP contribution in [0.25, 0.3) is 0 Å². The average Bonchev–Trinajstić information content (AvgIpc) is 2.41. The lowest BCUT2D eigenvalue weighted by Gasteiger charge is -2.17. The summed E-state index contributed by atoms with van der Waals surface area (Å²) in [5.41, 5.74) is 1.46. The number of phenols is 1. The third-order valence-electron chi connectivity index (χ3n) is 2.88. The van der Waals surface area contributed by atoms with Crippen molar-refractivity contribution in [2.45, 2.75) is 6.42 Å².